The number of nitrogens with zero attached hydrogens (tertiary/aromatic N) is 2. The third kappa shape index (κ3) is 2.25. The van der Waals surface area contributed by atoms with Crippen molar-refractivity contribution < 1.29 is 4.39 Å². The van der Waals surface area contributed by atoms with Gasteiger partial charge in [0.1, 0.15) is 5.82 Å². The predicted molar refractivity (Wildman–Crippen MR) is 62.2 cm³/mol. The molecule has 82 valence electrons. The Morgan fingerprint density at radius 3 is 2.75 bits per heavy atom. The third-order valence-electron chi connectivity index (χ3n) is 2.20. The van der Waals surface area contributed by atoms with E-state index in [2.05, 4.69) is 25.9 Å². The van der Waals surface area contributed by atoms with Crippen LogP contribution in [0.5, 0.6) is 0 Å². The molecule has 0 fully saturated rings. The molecule has 1 unspecified atom stereocenters. The molecule has 1 aromatic carbocycles. The van der Waals surface area contributed by atoms with E-state index >= 15 is 0 Å². The van der Waals surface area contributed by atoms with Crippen LogP contribution < -0.4 is 5.73 Å². The topological polar surface area (TPSA) is 51.8 Å². The highest BCUT2D eigenvalue weighted by atomic mass is 79.9. The van der Waals surface area contributed by atoms with Crippen LogP contribution in [0.15, 0.2) is 41.3 Å². The molecule has 16 heavy (non-hydrogen) atoms. The molecule has 2 N–H and O–H groups in total. The van der Waals surface area contributed by atoms with E-state index in [1.54, 1.807) is 30.7 Å². The molecule has 3 nitrogen and oxygen atoms in total. The van der Waals surface area contributed by atoms with Gasteiger partial charge in [-0.3, -0.25) is 9.97 Å². The zero-order valence-electron chi connectivity index (χ0n) is 8.27. The summed E-state index contributed by atoms with van der Waals surface area (Å²) in [7, 11) is 0. The van der Waals surface area contributed by atoms with Crippen LogP contribution in [-0.4, -0.2) is 9.97 Å². The molecular formula is C11H9BrFN3. The molecule has 0 saturated carbocycles. The average molecular weight is 282 g/mol. The number of hydrogen-bond donors (Lipinski definition) is 1. The SMILES string of the molecule is NC(c1ccc(Br)c(F)c1)c1cnccn1. The number of halogens is 2. The Balaban J connectivity index is 2.34. The smallest absolute Gasteiger partial charge is 0.137 e. The van der Waals surface area contributed by atoms with Gasteiger partial charge >= 0.3 is 0 Å². The van der Waals surface area contributed by atoms with E-state index in [4.69, 9.17) is 5.73 Å². The minimum absolute atomic E-state index is 0.336. The highest BCUT2D eigenvalue weighted by molar-refractivity contribution is 9.10. The lowest BCUT2D eigenvalue weighted by Crippen LogP contribution is -2.13. The Bertz CT molecular complexity index is 490. The second-order valence-electron chi connectivity index (χ2n) is 3.28. The summed E-state index contributed by atoms with van der Waals surface area (Å²) in [6, 6.07) is 4.31. The van der Waals surface area contributed by atoms with E-state index in [1.165, 1.54) is 6.07 Å². The van der Waals surface area contributed by atoms with Crippen LogP contribution in [0.2, 0.25) is 0 Å². The standard InChI is InChI=1S/C11H9BrFN3/c12-8-2-1-7(5-9(8)13)11(14)10-6-15-3-4-16-10/h1-6,11H,14H2. The molecule has 0 aliphatic heterocycles. The van der Waals surface area contributed by atoms with Gasteiger partial charge in [-0.25, -0.2) is 4.39 Å². The Labute approximate surface area is 101 Å². The summed E-state index contributed by atoms with van der Waals surface area (Å²) < 4.78 is 13.7. The summed E-state index contributed by atoms with van der Waals surface area (Å²) in [6.07, 6.45) is 4.70. The molecule has 0 amide bonds. The zero-order chi connectivity index (χ0) is 11.5. The predicted octanol–water partition coefficient (Wildman–Crippen LogP) is 2.43. The van der Waals surface area contributed by atoms with Crippen LogP contribution in [0.3, 0.4) is 0 Å². The van der Waals surface area contributed by atoms with Gasteiger partial charge in [0.15, 0.2) is 0 Å². The fourth-order valence-electron chi connectivity index (χ4n) is 1.35. The second-order valence-corrected chi connectivity index (χ2v) is 4.14. The minimum Gasteiger partial charge on any atom is -0.319 e. The molecule has 0 bridgehead atoms. The van der Waals surface area contributed by atoms with Crippen LogP contribution in [0, 0.1) is 5.82 Å². The average Bonchev–Trinajstić information content (AvgIpc) is 2.33. The van der Waals surface area contributed by atoms with Gasteiger partial charge < -0.3 is 5.73 Å². The van der Waals surface area contributed by atoms with E-state index < -0.39 is 6.04 Å². The van der Waals surface area contributed by atoms with Gasteiger partial charge in [0.2, 0.25) is 0 Å². The normalized spacial score (nSPS) is 12.4. The largest absolute Gasteiger partial charge is 0.319 e. The van der Waals surface area contributed by atoms with Crippen LogP contribution in [0.1, 0.15) is 17.3 Å². The minimum atomic E-state index is -0.462. The summed E-state index contributed by atoms with van der Waals surface area (Å²) in [5.41, 5.74) is 7.23. The summed E-state index contributed by atoms with van der Waals surface area (Å²) >= 11 is 3.09. The van der Waals surface area contributed by atoms with Gasteiger partial charge in [0.25, 0.3) is 0 Å². The zero-order valence-corrected chi connectivity index (χ0v) is 9.86. The van der Waals surface area contributed by atoms with Gasteiger partial charge in [-0.15, -0.1) is 0 Å². The fourth-order valence-corrected chi connectivity index (χ4v) is 1.59. The van der Waals surface area contributed by atoms with Crippen molar-refractivity contribution >= 4 is 15.9 Å². The number of nitrogens with two attached hydrogens (primary N) is 1. The van der Waals surface area contributed by atoms with Gasteiger partial charge in [0, 0.05) is 12.4 Å². The van der Waals surface area contributed by atoms with Gasteiger partial charge in [-0.1, -0.05) is 6.07 Å². The lowest BCUT2D eigenvalue weighted by Gasteiger charge is -2.11. The summed E-state index contributed by atoms with van der Waals surface area (Å²) in [4.78, 5) is 8.01. The van der Waals surface area contributed by atoms with Crippen molar-refractivity contribution in [1.29, 1.82) is 0 Å². The van der Waals surface area contributed by atoms with E-state index in [9.17, 15) is 4.39 Å². The molecule has 0 aliphatic carbocycles. The van der Waals surface area contributed by atoms with Crippen molar-refractivity contribution in [2.24, 2.45) is 5.73 Å². The Hall–Kier alpha value is -1.33. The van der Waals surface area contributed by atoms with Gasteiger partial charge in [-0.05, 0) is 33.6 Å². The van der Waals surface area contributed by atoms with Crippen molar-refractivity contribution in [3.05, 3.63) is 58.3 Å². The molecule has 1 heterocycles. The first-order valence-corrected chi connectivity index (χ1v) is 5.44. The maximum Gasteiger partial charge on any atom is 0.137 e. The third-order valence-corrected chi connectivity index (χ3v) is 2.85. The summed E-state index contributed by atoms with van der Waals surface area (Å²) in [6.45, 7) is 0. The number of rotatable bonds is 2. The lowest BCUT2D eigenvalue weighted by atomic mass is 10.1. The van der Waals surface area contributed by atoms with E-state index in [0.29, 0.717) is 15.7 Å². The first-order valence-electron chi connectivity index (χ1n) is 4.65. The molecule has 2 aromatic rings. The van der Waals surface area contributed by atoms with E-state index in [-0.39, 0.29) is 5.82 Å². The first-order chi connectivity index (χ1) is 7.68. The van der Waals surface area contributed by atoms with Gasteiger partial charge in [-0.2, -0.15) is 0 Å². The Morgan fingerprint density at radius 2 is 2.12 bits per heavy atom. The maximum atomic E-state index is 13.3. The first kappa shape index (κ1) is 11.2. The van der Waals surface area contributed by atoms with Crippen molar-refractivity contribution in [2.45, 2.75) is 6.04 Å². The molecule has 1 atom stereocenters. The molecule has 0 saturated heterocycles. The van der Waals surface area contributed by atoms with Gasteiger partial charge in [0.05, 0.1) is 22.4 Å². The van der Waals surface area contributed by atoms with Crippen molar-refractivity contribution in [3.63, 3.8) is 0 Å². The van der Waals surface area contributed by atoms with Crippen molar-refractivity contribution in [2.75, 3.05) is 0 Å². The summed E-state index contributed by atoms with van der Waals surface area (Å²) in [5.74, 6) is -0.336. The molecule has 0 radical (unpaired) electrons. The number of benzene rings is 1. The maximum absolute atomic E-state index is 13.3. The quantitative estimate of drug-likeness (QED) is 0.920. The van der Waals surface area contributed by atoms with E-state index in [0.717, 1.165) is 0 Å². The van der Waals surface area contributed by atoms with Crippen LogP contribution in [-0.2, 0) is 0 Å². The van der Waals surface area contributed by atoms with Crippen LogP contribution in [0.25, 0.3) is 0 Å². The molecule has 1 aromatic heterocycles. The number of hydrogen-bond acceptors (Lipinski definition) is 3. The van der Waals surface area contributed by atoms with Crippen molar-refractivity contribution in [3.8, 4) is 0 Å². The lowest BCUT2D eigenvalue weighted by molar-refractivity contribution is 0.616. The monoisotopic (exact) mass is 281 g/mol. The Morgan fingerprint density at radius 1 is 1.31 bits per heavy atom. The summed E-state index contributed by atoms with van der Waals surface area (Å²) in [5, 5.41) is 0. The highest BCUT2D eigenvalue weighted by Crippen LogP contribution is 2.22. The molecule has 2 rings (SSSR count). The second kappa shape index (κ2) is 4.67. The Kier molecular flexibility index (Phi) is 3.26. The molecule has 0 spiro atoms. The molecule has 0 aliphatic rings. The molecule has 5 heteroatoms. The highest BCUT2D eigenvalue weighted by Gasteiger charge is 2.11. The van der Waals surface area contributed by atoms with Crippen molar-refractivity contribution in [1.82, 2.24) is 9.97 Å². The van der Waals surface area contributed by atoms with E-state index in [1.807, 2.05) is 0 Å². The van der Waals surface area contributed by atoms with Crippen LogP contribution in [0.4, 0.5) is 4.39 Å². The fraction of sp³-hybridized carbons (Fsp3) is 0.0909. The molecular weight excluding hydrogens is 273 g/mol. The van der Waals surface area contributed by atoms with Crippen LogP contribution >= 0.6 is 15.9 Å². The number of aromatic nitrogens is 2.